The largest absolute Gasteiger partial charge is 0.380 e. The van der Waals surface area contributed by atoms with Gasteiger partial charge in [0.1, 0.15) is 0 Å². The number of halogens is 1. The second-order valence-electron chi connectivity index (χ2n) is 3.39. The first-order valence-corrected chi connectivity index (χ1v) is 5.51. The fourth-order valence-corrected chi connectivity index (χ4v) is 1.37. The summed E-state index contributed by atoms with van der Waals surface area (Å²) < 4.78 is 5.20. The lowest BCUT2D eigenvalue weighted by Gasteiger charge is -2.13. The lowest BCUT2D eigenvalue weighted by atomic mass is 10.2. The normalized spacial score (nSPS) is 12.2. The van der Waals surface area contributed by atoms with Crippen molar-refractivity contribution in [2.45, 2.75) is 19.9 Å². The zero-order valence-corrected chi connectivity index (χ0v) is 10.1. The molecule has 4 nitrogen and oxygen atoms in total. The smallest absolute Gasteiger partial charge is 0.254 e. The Morgan fingerprint density at radius 3 is 3.06 bits per heavy atom. The molecule has 1 aromatic rings. The molecule has 1 heterocycles. The van der Waals surface area contributed by atoms with E-state index in [1.165, 1.54) is 6.20 Å². The van der Waals surface area contributed by atoms with Crippen molar-refractivity contribution >= 4 is 17.5 Å². The lowest BCUT2D eigenvalue weighted by Crippen LogP contribution is -2.36. The maximum atomic E-state index is 11.7. The molecule has 0 bridgehead atoms. The standard InChI is InChI=1S/C11H15ClN2O2/c1-3-16-7-8(2)14-11(15)9-6-13-5-4-10(9)12/h4-6,8H,3,7H2,1-2H3,(H,14,15). The maximum absolute atomic E-state index is 11.7. The van der Waals surface area contributed by atoms with E-state index >= 15 is 0 Å². The van der Waals surface area contributed by atoms with Crippen LogP contribution in [0.4, 0.5) is 0 Å². The first-order valence-electron chi connectivity index (χ1n) is 5.13. The van der Waals surface area contributed by atoms with Crippen LogP contribution in [-0.2, 0) is 4.74 Å². The van der Waals surface area contributed by atoms with Crippen molar-refractivity contribution in [2.24, 2.45) is 0 Å². The topological polar surface area (TPSA) is 51.2 Å². The summed E-state index contributed by atoms with van der Waals surface area (Å²) in [7, 11) is 0. The highest BCUT2D eigenvalue weighted by atomic mass is 35.5. The Bertz CT molecular complexity index is 358. The van der Waals surface area contributed by atoms with Gasteiger partial charge < -0.3 is 10.1 Å². The lowest BCUT2D eigenvalue weighted by molar-refractivity contribution is 0.0872. The summed E-state index contributed by atoms with van der Waals surface area (Å²) in [6.45, 7) is 4.90. The van der Waals surface area contributed by atoms with E-state index < -0.39 is 0 Å². The third-order valence-corrected chi connectivity index (χ3v) is 2.29. The summed E-state index contributed by atoms with van der Waals surface area (Å²) >= 11 is 5.87. The van der Waals surface area contributed by atoms with Crippen LogP contribution in [0.15, 0.2) is 18.5 Å². The Kier molecular flexibility index (Phi) is 5.22. The average molecular weight is 243 g/mol. The summed E-state index contributed by atoms with van der Waals surface area (Å²) in [5, 5.41) is 3.18. The molecule has 0 spiro atoms. The molecule has 0 saturated heterocycles. The SMILES string of the molecule is CCOCC(C)NC(=O)c1cnccc1Cl. The van der Waals surface area contributed by atoms with Gasteiger partial charge in [0.2, 0.25) is 0 Å². The van der Waals surface area contributed by atoms with E-state index in [1.54, 1.807) is 12.3 Å². The van der Waals surface area contributed by atoms with Crippen molar-refractivity contribution in [1.29, 1.82) is 0 Å². The minimum Gasteiger partial charge on any atom is -0.380 e. The number of rotatable bonds is 5. The molecule has 1 N–H and O–H groups in total. The molecule has 0 aliphatic carbocycles. The van der Waals surface area contributed by atoms with Crippen molar-refractivity contribution in [3.8, 4) is 0 Å². The van der Waals surface area contributed by atoms with Crippen LogP contribution in [-0.4, -0.2) is 30.1 Å². The van der Waals surface area contributed by atoms with Crippen molar-refractivity contribution in [3.05, 3.63) is 29.0 Å². The number of amides is 1. The van der Waals surface area contributed by atoms with Crippen molar-refractivity contribution < 1.29 is 9.53 Å². The van der Waals surface area contributed by atoms with E-state index in [4.69, 9.17) is 16.3 Å². The van der Waals surface area contributed by atoms with Crippen LogP contribution >= 0.6 is 11.6 Å². The first-order chi connectivity index (χ1) is 7.65. The summed E-state index contributed by atoms with van der Waals surface area (Å²) in [6.07, 6.45) is 2.99. The highest BCUT2D eigenvalue weighted by Crippen LogP contribution is 2.13. The van der Waals surface area contributed by atoms with Gasteiger partial charge in [0.15, 0.2) is 0 Å². The Morgan fingerprint density at radius 2 is 2.44 bits per heavy atom. The maximum Gasteiger partial charge on any atom is 0.254 e. The third kappa shape index (κ3) is 3.79. The van der Waals surface area contributed by atoms with Gasteiger partial charge in [-0.1, -0.05) is 11.6 Å². The Labute approximate surface area is 100.0 Å². The summed E-state index contributed by atoms with van der Waals surface area (Å²) in [4.78, 5) is 15.6. The minimum absolute atomic E-state index is 0.0521. The second-order valence-corrected chi connectivity index (χ2v) is 3.80. The van der Waals surface area contributed by atoms with Gasteiger partial charge in [-0.05, 0) is 19.9 Å². The van der Waals surface area contributed by atoms with Gasteiger partial charge in [0.05, 0.1) is 17.2 Å². The first kappa shape index (κ1) is 12.9. The summed E-state index contributed by atoms with van der Waals surface area (Å²) in [5.74, 6) is -0.231. The molecule has 0 fully saturated rings. The quantitative estimate of drug-likeness (QED) is 0.858. The number of pyridine rings is 1. The number of hydrogen-bond acceptors (Lipinski definition) is 3. The monoisotopic (exact) mass is 242 g/mol. The number of carbonyl (C=O) groups excluding carboxylic acids is 1. The van der Waals surface area contributed by atoms with Crippen LogP contribution in [0, 0.1) is 0 Å². The third-order valence-electron chi connectivity index (χ3n) is 1.96. The Balaban J connectivity index is 2.56. The molecule has 1 rings (SSSR count). The predicted molar refractivity (Wildman–Crippen MR) is 62.7 cm³/mol. The van der Waals surface area contributed by atoms with Gasteiger partial charge in [0, 0.05) is 25.0 Å². The van der Waals surface area contributed by atoms with Crippen LogP contribution in [0.2, 0.25) is 5.02 Å². The fourth-order valence-electron chi connectivity index (χ4n) is 1.18. The Morgan fingerprint density at radius 1 is 1.69 bits per heavy atom. The van der Waals surface area contributed by atoms with Crippen LogP contribution < -0.4 is 5.32 Å². The molecule has 16 heavy (non-hydrogen) atoms. The van der Waals surface area contributed by atoms with Crippen molar-refractivity contribution in [2.75, 3.05) is 13.2 Å². The van der Waals surface area contributed by atoms with Crippen LogP contribution in [0.1, 0.15) is 24.2 Å². The molecular weight excluding hydrogens is 228 g/mol. The fraction of sp³-hybridized carbons (Fsp3) is 0.455. The van der Waals surface area contributed by atoms with Gasteiger partial charge in [-0.25, -0.2) is 0 Å². The van der Waals surface area contributed by atoms with E-state index in [9.17, 15) is 4.79 Å². The molecule has 0 aliphatic rings. The highest BCUT2D eigenvalue weighted by molar-refractivity contribution is 6.33. The minimum atomic E-state index is -0.231. The molecule has 0 aliphatic heterocycles. The predicted octanol–water partition coefficient (Wildman–Crippen LogP) is 1.89. The molecule has 0 saturated carbocycles. The molecule has 0 aromatic carbocycles. The summed E-state index contributed by atoms with van der Waals surface area (Å²) in [5.41, 5.74) is 0.382. The molecule has 1 amide bonds. The average Bonchev–Trinajstić information content (AvgIpc) is 2.26. The number of nitrogens with zero attached hydrogens (tertiary/aromatic N) is 1. The highest BCUT2D eigenvalue weighted by Gasteiger charge is 2.12. The van der Waals surface area contributed by atoms with E-state index in [1.807, 2.05) is 13.8 Å². The molecular formula is C11H15ClN2O2. The summed E-state index contributed by atoms with van der Waals surface area (Å²) in [6, 6.07) is 1.53. The van der Waals surface area contributed by atoms with E-state index in [0.29, 0.717) is 23.8 Å². The number of nitrogens with one attached hydrogen (secondary N) is 1. The molecule has 88 valence electrons. The zero-order valence-electron chi connectivity index (χ0n) is 9.37. The molecule has 1 aromatic heterocycles. The van der Waals surface area contributed by atoms with E-state index in [0.717, 1.165) is 0 Å². The number of aromatic nitrogens is 1. The van der Waals surface area contributed by atoms with Gasteiger partial charge in [-0.3, -0.25) is 9.78 Å². The van der Waals surface area contributed by atoms with E-state index in [-0.39, 0.29) is 11.9 Å². The number of ether oxygens (including phenoxy) is 1. The van der Waals surface area contributed by atoms with Gasteiger partial charge >= 0.3 is 0 Å². The van der Waals surface area contributed by atoms with Gasteiger partial charge in [-0.15, -0.1) is 0 Å². The number of hydrogen-bond donors (Lipinski definition) is 1. The number of carbonyl (C=O) groups is 1. The van der Waals surface area contributed by atoms with E-state index in [2.05, 4.69) is 10.3 Å². The Hall–Kier alpha value is -1.13. The van der Waals surface area contributed by atoms with Crippen molar-refractivity contribution in [1.82, 2.24) is 10.3 Å². The van der Waals surface area contributed by atoms with Crippen LogP contribution in [0.3, 0.4) is 0 Å². The molecule has 5 heteroatoms. The van der Waals surface area contributed by atoms with Crippen LogP contribution in [0.25, 0.3) is 0 Å². The van der Waals surface area contributed by atoms with Gasteiger partial charge in [-0.2, -0.15) is 0 Å². The van der Waals surface area contributed by atoms with Crippen LogP contribution in [0.5, 0.6) is 0 Å². The molecule has 1 atom stereocenters. The second kappa shape index (κ2) is 6.45. The van der Waals surface area contributed by atoms with Crippen molar-refractivity contribution in [3.63, 3.8) is 0 Å². The molecule has 0 radical (unpaired) electrons. The zero-order chi connectivity index (χ0) is 12.0. The van der Waals surface area contributed by atoms with Gasteiger partial charge in [0.25, 0.3) is 5.91 Å². The molecule has 1 unspecified atom stereocenters.